The molecular weight excluding hydrogens is 278 g/mol. The van der Waals surface area contributed by atoms with Crippen molar-refractivity contribution in [1.82, 2.24) is 10.6 Å². The van der Waals surface area contributed by atoms with Crippen molar-refractivity contribution in [1.29, 1.82) is 0 Å². The van der Waals surface area contributed by atoms with Crippen molar-refractivity contribution in [2.45, 2.75) is 38.4 Å². The Bertz CT molecular complexity index is 371. The van der Waals surface area contributed by atoms with Gasteiger partial charge in [0, 0.05) is 13.1 Å². The summed E-state index contributed by atoms with van der Waals surface area (Å²) in [4.78, 5) is 34.4. The lowest BCUT2D eigenvalue weighted by Crippen LogP contribution is -2.55. The molecule has 0 bridgehead atoms. The lowest BCUT2D eigenvalue weighted by molar-refractivity contribution is -0.140. The fraction of sp³-hybridized carbons (Fsp3) is 0.750. The first-order valence-corrected chi connectivity index (χ1v) is 6.71. The standard InChI is InChI=1S/C12H25N5O4/c1-6(2)10(11(19)16-7(4-13)5-14)17-9(18)3-8(15)12(20)21/h6-8,10H,3-5,13-15H2,1-2H3,(H,16,19)(H,17,18)(H,20,21). The van der Waals surface area contributed by atoms with Crippen LogP contribution in [0.15, 0.2) is 0 Å². The Morgan fingerprint density at radius 2 is 1.62 bits per heavy atom. The number of aliphatic carboxylic acids is 1. The van der Waals surface area contributed by atoms with Crippen LogP contribution in [0.25, 0.3) is 0 Å². The lowest BCUT2D eigenvalue weighted by atomic mass is 10.0. The number of carbonyl (C=O) groups excluding carboxylic acids is 2. The third kappa shape index (κ3) is 7.02. The molecule has 0 radical (unpaired) electrons. The van der Waals surface area contributed by atoms with Crippen molar-refractivity contribution in [2.24, 2.45) is 23.1 Å². The number of rotatable bonds is 9. The van der Waals surface area contributed by atoms with E-state index in [1.807, 2.05) is 0 Å². The zero-order valence-electron chi connectivity index (χ0n) is 12.3. The highest BCUT2D eigenvalue weighted by Gasteiger charge is 2.27. The van der Waals surface area contributed by atoms with Crippen LogP contribution in [-0.4, -0.2) is 54.1 Å². The molecule has 9 nitrogen and oxygen atoms in total. The molecule has 21 heavy (non-hydrogen) atoms. The highest BCUT2D eigenvalue weighted by Crippen LogP contribution is 2.03. The van der Waals surface area contributed by atoms with E-state index in [1.165, 1.54) is 0 Å². The van der Waals surface area contributed by atoms with E-state index in [4.69, 9.17) is 22.3 Å². The van der Waals surface area contributed by atoms with Crippen molar-refractivity contribution in [3.63, 3.8) is 0 Å². The fourth-order valence-corrected chi connectivity index (χ4v) is 1.56. The Balaban J connectivity index is 4.65. The van der Waals surface area contributed by atoms with Crippen LogP contribution in [0.4, 0.5) is 0 Å². The van der Waals surface area contributed by atoms with Crippen LogP contribution in [0.3, 0.4) is 0 Å². The largest absolute Gasteiger partial charge is 0.480 e. The first-order valence-electron chi connectivity index (χ1n) is 6.71. The van der Waals surface area contributed by atoms with E-state index in [2.05, 4.69) is 10.6 Å². The summed E-state index contributed by atoms with van der Waals surface area (Å²) in [5.41, 5.74) is 16.2. The van der Waals surface area contributed by atoms with Crippen molar-refractivity contribution >= 4 is 17.8 Å². The van der Waals surface area contributed by atoms with Crippen LogP contribution >= 0.6 is 0 Å². The lowest BCUT2D eigenvalue weighted by Gasteiger charge is -2.24. The number of carboxylic acids is 1. The molecule has 0 aromatic rings. The van der Waals surface area contributed by atoms with Crippen LogP contribution in [0.2, 0.25) is 0 Å². The summed E-state index contributed by atoms with van der Waals surface area (Å²) in [5.74, 6) is -2.48. The number of nitrogens with two attached hydrogens (primary N) is 3. The van der Waals surface area contributed by atoms with Gasteiger partial charge in [-0.2, -0.15) is 0 Å². The molecule has 9 N–H and O–H groups in total. The predicted molar refractivity (Wildman–Crippen MR) is 77.0 cm³/mol. The van der Waals surface area contributed by atoms with Crippen LogP contribution in [0.5, 0.6) is 0 Å². The van der Waals surface area contributed by atoms with Gasteiger partial charge in [-0.05, 0) is 5.92 Å². The Kier molecular flexibility index (Phi) is 8.51. The summed E-state index contributed by atoms with van der Waals surface area (Å²) in [6, 6.07) is -2.49. The molecule has 0 fully saturated rings. The summed E-state index contributed by atoms with van der Waals surface area (Å²) in [7, 11) is 0. The van der Waals surface area contributed by atoms with Crippen LogP contribution < -0.4 is 27.8 Å². The molecular formula is C12H25N5O4. The highest BCUT2D eigenvalue weighted by atomic mass is 16.4. The maximum Gasteiger partial charge on any atom is 0.321 e. The van der Waals surface area contributed by atoms with E-state index in [9.17, 15) is 14.4 Å². The summed E-state index contributed by atoms with van der Waals surface area (Å²) >= 11 is 0. The smallest absolute Gasteiger partial charge is 0.321 e. The number of nitrogens with one attached hydrogen (secondary N) is 2. The van der Waals surface area contributed by atoms with Crippen molar-refractivity contribution in [2.75, 3.05) is 13.1 Å². The molecule has 0 aliphatic heterocycles. The van der Waals surface area contributed by atoms with Crippen LogP contribution in [0.1, 0.15) is 20.3 Å². The Labute approximate surface area is 123 Å². The molecule has 0 heterocycles. The van der Waals surface area contributed by atoms with Gasteiger partial charge in [0.2, 0.25) is 11.8 Å². The molecule has 0 aromatic carbocycles. The van der Waals surface area contributed by atoms with Gasteiger partial charge in [0.25, 0.3) is 0 Å². The van der Waals surface area contributed by atoms with Gasteiger partial charge < -0.3 is 32.9 Å². The predicted octanol–water partition coefficient (Wildman–Crippen LogP) is -2.67. The summed E-state index contributed by atoms with van der Waals surface area (Å²) in [6.07, 6.45) is -0.400. The normalized spacial score (nSPS) is 13.9. The van der Waals surface area contributed by atoms with Gasteiger partial charge in [-0.25, -0.2) is 0 Å². The molecule has 0 saturated heterocycles. The van der Waals surface area contributed by atoms with Gasteiger partial charge in [-0.15, -0.1) is 0 Å². The van der Waals surface area contributed by atoms with E-state index < -0.39 is 36.3 Å². The minimum Gasteiger partial charge on any atom is -0.480 e. The average molecular weight is 303 g/mol. The SMILES string of the molecule is CC(C)C(NC(=O)CC(N)C(=O)O)C(=O)NC(CN)CN. The number of hydrogen-bond acceptors (Lipinski definition) is 6. The molecule has 122 valence electrons. The summed E-state index contributed by atoms with van der Waals surface area (Å²) < 4.78 is 0. The Morgan fingerprint density at radius 1 is 1.10 bits per heavy atom. The zero-order chi connectivity index (χ0) is 16.6. The minimum atomic E-state index is -1.30. The molecule has 0 saturated carbocycles. The first kappa shape index (κ1) is 19.3. The van der Waals surface area contributed by atoms with Gasteiger partial charge in [0.1, 0.15) is 12.1 Å². The van der Waals surface area contributed by atoms with E-state index >= 15 is 0 Å². The summed E-state index contributed by atoms with van der Waals surface area (Å²) in [5, 5.41) is 13.8. The van der Waals surface area contributed by atoms with Crippen molar-refractivity contribution in [3.05, 3.63) is 0 Å². The van der Waals surface area contributed by atoms with Crippen LogP contribution in [-0.2, 0) is 14.4 Å². The maximum atomic E-state index is 12.1. The Hall–Kier alpha value is -1.71. The molecule has 0 spiro atoms. The third-order valence-electron chi connectivity index (χ3n) is 2.90. The second-order valence-electron chi connectivity index (χ2n) is 5.11. The second-order valence-corrected chi connectivity index (χ2v) is 5.11. The van der Waals surface area contributed by atoms with Gasteiger partial charge >= 0.3 is 5.97 Å². The van der Waals surface area contributed by atoms with E-state index in [0.29, 0.717) is 0 Å². The molecule has 2 amide bonds. The van der Waals surface area contributed by atoms with Crippen LogP contribution in [0, 0.1) is 5.92 Å². The maximum absolute atomic E-state index is 12.1. The number of carboxylic acid groups (broad SMARTS) is 1. The molecule has 2 unspecified atom stereocenters. The number of hydrogen-bond donors (Lipinski definition) is 6. The molecule has 0 aliphatic rings. The van der Waals surface area contributed by atoms with E-state index in [-0.39, 0.29) is 25.0 Å². The number of carbonyl (C=O) groups is 3. The van der Waals surface area contributed by atoms with Crippen molar-refractivity contribution < 1.29 is 19.5 Å². The number of amides is 2. The first-order chi connectivity index (χ1) is 9.72. The molecule has 9 heteroatoms. The van der Waals surface area contributed by atoms with Gasteiger partial charge in [-0.1, -0.05) is 13.8 Å². The Morgan fingerprint density at radius 3 is 2.00 bits per heavy atom. The molecule has 0 aromatic heterocycles. The third-order valence-corrected chi connectivity index (χ3v) is 2.90. The van der Waals surface area contributed by atoms with E-state index in [1.54, 1.807) is 13.8 Å². The monoisotopic (exact) mass is 303 g/mol. The topological polar surface area (TPSA) is 174 Å². The molecule has 0 rings (SSSR count). The summed E-state index contributed by atoms with van der Waals surface area (Å²) in [6.45, 7) is 3.87. The van der Waals surface area contributed by atoms with E-state index in [0.717, 1.165) is 0 Å². The van der Waals surface area contributed by atoms with Crippen molar-refractivity contribution in [3.8, 4) is 0 Å². The average Bonchev–Trinajstić information content (AvgIpc) is 2.41. The van der Waals surface area contributed by atoms with Gasteiger partial charge in [-0.3, -0.25) is 14.4 Å². The molecule has 0 aliphatic carbocycles. The zero-order valence-corrected chi connectivity index (χ0v) is 12.3. The fourth-order valence-electron chi connectivity index (χ4n) is 1.56. The quantitative estimate of drug-likeness (QED) is 0.269. The molecule has 2 atom stereocenters. The second kappa shape index (κ2) is 9.27. The minimum absolute atomic E-state index is 0.185. The van der Waals surface area contributed by atoms with Gasteiger partial charge in [0.15, 0.2) is 0 Å². The van der Waals surface area contributed by atoms with Gasteiger partial charge in [0.05, 0.1) is 12.5 Å². The highest BCUT2D eigenvalue weighted by molar-refractivity contribution is 5.90.